The Bertz CT molecular complexity index is 913. The van der Waals surface area contributed by atoms with Gasteiger partial charge in [0.1, 0.15) is 0 Å². The summed E-state index contributed by atoms with van der Waals surface area (Å²) in [5.74, 6) is -0.127. The summed E-state index contributed by atoms with van der Waals surface area (Å²) in [6, 6.07) is 13.8. The number of carboxylic acid groups (broad SMARTS) is 1. The van der Waals surface area contributed by atoms with Crippen molar-refractivity contribution in [1.82, 2.24) is 4.90 Å². The smallest absolute Gasteiger partial charge is 0.306 e. The van der Waals surface area contributed by atoms with Crippen LogP contribution in [0.25, 0.3) is 11.1 Å². The minimum atomic E-state index is -0.637. The molecule has 28 heavy (non-hydrogen) atoms. The van der Waals surface area contributed by atoms with Gasteiger partial charge in [-0.05, 0) is 91.4 Å². The van der Waals surface area contributed by atoms with Crippen molar-refractivity contribution in [3.63, 3.8) is 0 Å². The summed E-state index contributed by atoms with van der Waals surface area (Å²) in [4.78, 5) is 13.7. The summed E-state index contributed by atoms with van der Waals surface area (Å²) < 4.78 is 0. The van der Waals surface area contributed by atoms with Crippen molar-refractivity contribution in [3.05, 3.63) is 58.1 Å². The van der Waals surface area contributed by atoms with Crippen LogP contribution in [0.2, 0.25) is 5.02 Å². The summed E-state index contributed by atoms with van der Waals surface area (Å²) in [5.41, 5.74) is 6.61. The van der Waals surface area contributed by atoms with Gasteiger partial charge in [-0.3, -0.25) is 9.69 Å². The molecule has 0 amide bonds. The van der Waals surface area contributed by atoms with E-state index in [9.17, 15) is 9.90 Å². The second kappa shape index (κ2) is 7.20. The summed E-state index contributed by atoms with van der Waals surface area (Å²) in [7, 11) is 0. The minimum absolute atomic E-state index is 0.164. The van der Waals surface area contributed by atoms with Crippen molar-refractivity contribution >= 4 is 17.6 Å². The minimum Gasteiger partial charge on any atom is -0.481 e. The van der Waals surface area contributed by atoms with Crippen LogP contribution in [0.3, 0.4) is 0 Å². The summed E-state index contributed by atoms with van der Waals surface area (Å²) >= 11 is 6.54. The van der Waals surface area contributed by atoms with E-state index in [1.807, 2.05) is 0 Å². The predicted octanol–water partition coefficient (Wildman–Crippen LogP) is 5.67. The SMILES string of the molecule is O=C(O)C1CCN(C2CCc3cc(-c4ccc(C5CC5)c(Cl)c4)ccc32)CC1. The summed E-state index contributed by atoms with van der Waals surface area (Å²) in [5, 5.41) is 10.1. The van der Waals surface area contributed by atoms with E-state index in [2.05, 4.69) is 41.3 Å². The molecule has 1 saturated heterocycles. The molecular weight excluding hydrogens is 370 g/mol. The molecule has 0 aromatic heterocycles. The van der Waals surface area contributed by atoms with E-state index in [-0.39, 0.29) is 5.92 Å². The Hall–Kier alpha value is -1.84. The van der Waals surface area contributed by atoms with Crippen LogP contribution >= 0.6 is 11.6 Å². The van der Waals surface area contributed by atoms with Gasteiger partial charge < -0.3 is 5.11 Å². The number of carbonyl (C=O) groups is 1. The molecule has 0 spiro atoms. The molecule has 1 N–H and O–H groups in total. The quantitative estimate of drug-likeness (QED) is 0.725. The number of piperidine rings is 1. The topological polar surface area (TPSA) is 40.5 Å². The van der Waals surface area contributed by atoms with Gasteiger partial charge in [0.15, 0.2) is 0 Å². The molecule has 3 aliphatic rings. The van der Waals surface area contributed by atoms with Gasteiger partial charge in [0.2, 0.25) is 0 Å². The average molecular weight is 396 g/mol. The van der Waals surface area contributed by atoms with Gasteiger partial charge in [-0.1, -0.05) is 41.9 Å². The average Bonchev–Trinajstić information content (AvgIpc) is 3.46. The lowest BCUT2D eigenvalue weighted by molar-refractivity contribution is -0.143. The van der Waals surface area contributed by atoms with Crippen molar-refractivity contribution < 1.29 is 9.90 Å². The van der Waals surface area contributed by atoms with Crippen LogP contribution in [0.1, 0.15) is 60.8 Å². The summed E-state index contributed by atoms with van der Waals surface area (Å²) in [6.45, 7) is 1.78. The highest BCUT2D eigenvalue weighted by molar-refractivity contribution is 6.31. The van der Waals surface area contributed by atoms with Crippen LogP contribution in [0.4, 0.5) is 0 Å². The van der Waals surface area contributed by atoms with Gasteiger partial charge in [-0.2, -0.15) is 0 Å². The first-order chi connectivity index (χ1) is 13.6. The lowest BCUT2D eigenvalue weighted by atomic mass is 9.94. The van der Waals surface area contributed by atoms with E-state index in [0.717, 1.165) is 43.8 Å². The number of likely N-dealkylation sites (tertiary alicyclic amines) is 1. The highest BCUT2D eigenvalue weighted by Crippen LogP contribution is 2.44. The zero-order chi connectivity index (χ0) is 19.3. The van der Waals surface area contributed by atoms with Crippen molar-refractivity contribution in [1.29, 1.82) is 0 Å². The maximum Gasteiger partial charge on any atom is 0.306 e. The molecule has 1 unspecified atom stereocenters. The van der Waals surface area contributed by atoms with Gasteiger partial charge in [-0.15, -0.1) is 0 Å². The van der Waals surface area contributed by atoms with Gasteiger partial charge in [0.25, 0.3) is 0 Å². The number of aliphatic carboxylic acids is 1. The molecule has 1 heterocycles. The molecule has 0 bridgehead atoms. The molecule has 3 nitrogen and oxygen atoms in total. The molecular formula is C24H26ClNO2. The molecule has 0 radical (unpaired) electrons. The van der Waals surface area contributed by atoms with Gasteiger partial charge >= 0.3 is 5.97 Å². The first-order valence-electron chi connectivity index (χ1n) is 10.5. The Kier molecular flexibility index (Phi) is 4.68. The zero-order valence-electron chi connectivity index (χ0n) is 16.0. The lowest BCUT2D eigenvalue weighted by Gasteiger charge is -2.35. The van der Waals surface area contributed by atoms with Crippen LogP contribution in [-0.4, -0.2) is 29.1 Å². The number of nitrogens with zero attached hydrogens (tertiary/aromatic N) is 1. The molecule has 4 heteroatoms. The molecule has 2 fully saturated rings. The van der Waals surface area contributed by atoms with Crippen molar-refractivity contribution in [3.8, 4) is 11.1 Å². The Balaban J connectivity index is 1.34. The number of carboxylic acids is 1. The van der Waals surface area contributed by atoms with Crippen LogP contribution in [0.5, 0.6) is 0 Å². The highest BCUT2D eigenvalue weighted by atomic mass is 35.5. The normalized spacial score (nSPS) is 23.0. The molecule has 146 valence electrons. The second-order valence-corrected chi connectivity index (χ2v) is 9.03. The lowest BCUT2D eigenvalue weighted by Crippen LogP contribution is -2.38. The third-order valence-corrected chi connectivity index (χ3v) is 7.19. The number of benzene rings is 2. The molecule has 2 aromatic rings. The second-order valence-electron chi connectivity index (χ2n) is 8.63. The first-order valence-corrected chi connectivity index (χ1v) is 10.9. The van der Waals surface area contributed by atoms with E-state index in [1.54, 1.807) is 0 Å². The van der Waals surface area contributed by atoms with Crippen molar-refractivity contribution in [2.45, 2.75) is 50.5 Å². The number of hydrogen-bond donors (Lipinski definition) is 1. The monoisotopic (exact) mass is 395 g/mol. The number of hydrogen-bond acceptors (Lipinski definition) is 2. The summed E-state index contributed by atoms with van der Waals surface area (Å²) in [6.07, 6.45) is 6.31. The maximum atomic E-state index is 11.2. The predicted molar refractivity (Wildman–Crippen MR) is 112 cm³/mol. The van der Waals surface area contributed by atoms with Gasteiger partial charge in [-0.25, -0.2) is 0 Å². The van der Waals surface area contributed by atoms with Crippen molar-refractivity contribution in [2.24, 2.45) is 5.92 Å². The highest BCUT2D eigenvalue weighted by Gasteiger charge is 2.33. The Labute approximate surface area is 171 Å². The largest absolute Gasteiger partial charge is 0.481 e. The Morgan fingerprint density at radius 2 is 1.61 bits per heavy atom. The van der Waals surface area contributed by atoms with E-state index in [1.165, 1.54) is 40.7 Å². The van der Waals surface area contributed by atoms with E-state index in [0.29, 0.717) is 12.0 Å². The molecule has 1 atom stereocenters. The third-order valence-electron chi connectivity index (χ3n) is 6.86. The maximum absolute atomic E-state index is 11.2. The number of halogens is 1. The standard InChI is InChI=1S/C24H26ClNO2/c25-22-14-18(3-6-20(22)15-1-2-15)17-4-7-21-19(13-17)5-8-23(21)26-11-9-16(10-12-26)24(27)28/h3-4,6-7,13-16,23H,1-2,5,8-12H2,(H,27,28). The molecule has 5 rings (SSSR count). The van der Waals surface area contributed by atoms with E-state index < -0.39 is 5.97 Å². The van der Waals surface area contributed by atoms with Crippen LogP contribution in [0.15, 0.2) is 36.4 Å². The number of fused-ring (bicyclic) bond motifs is 1. The Morgan fingerprint density at radius 1 is 0.929 bits per heavy atom. The third kappa shape index (κ3) is 3.35. The molecule has 2 aliphatic carbocycles. The molecule has 1 saturated carbocycles. The molecule has 1 aliphatic heterocycles. The fourth-order valence-electron chi connectivity index (χ4n) is 5.04. The van der Waals surface area contributed by atoms with Crippen LogP contribution in [0, 0.1) is 5.92 Å². The fourth-order valence-corrected chi connectivity index (χ4v) is 5.38. The molecule has 2 aromatic carbocycles. The van der Waals surface area contributed by atoms with Gasteiger partial charge in [0.05, 0.1) is 5.92 Å². The number of rotatable bonds is 4. The van der Waals surface area contributed by atoms with Crippen molar-refractivity contribution in [2.75, 3.05) is 13.1 Å². The fraction of sp³-hybridized carbons (Fsp3) is 0.458. The zero-order valence-corrected chi connectivity index (χ0v) is 16.8. The van der Waals surface area contributed by atoms with Crippen LogP contribution < -0.4 is 0 Å². The van der Waals surface area contributed by atoms with Gasteiger partial charge in [0, 0.05) is 11.1 Å². The first kappa shape index (κ1) is 18.2. The number of aryl methyl sites for hydroxylation is 1. The van der Waals surface area contributed by atoms with E-state index in [4.69, 9.17) is 11.6 Å². The Morgan fingerprint density at radius 3 is 2.25 bits per heavy atom. The van der Waals surface area contributed by atoms with E-state index >= 15 is 0 Å². The van der Waals surface area contributed by atoms with Crippen LogP contribution in [-0.2, 0) is 11.2 Å².